The number of rotatable bonds is 5. The van der Waals surface area contributed by atoms with Crippen molar-refractivity contribution >= 4 is 28.7 Å². The first-order chi connectivity index (χ1) is 9.36. The van der Waals surface area contributed by atoms with Gasteiger partial charge in [0.1, 0.15) is 11.9 Å². The van der Waals surface area contributed by atoms with Gasteiger partial charge >= 0.3 is 5.97 Å². The summed E-state index contributed by atoms with van der Waals surface area (Å²) in [7, 11) is 1.22. The van der Waals surface area contributed by atoms with Crippen LogP contribution in [-0.2, 0) is 9.53 Å². The average Bonchev–Trinajstić information content (AvgIpc) is 2.43. The molecule has 1 rings (SSSR count). The summed E-state index contributed by atoms with van der Waals surface area (Å²) in [6.45, 7) is 1.36. The van der Waals surface area contributed by atoms with Crippen LogP contribution in [0.15, 0.2) is 12.3 Å². The van der Waals surface area contributed by atoms with Crippen molar-refractivity contribution in [2.45, 2.75) is 19.1 Å². The molecule has 2 unspecified atom stereocenters. The number of nitrogens with two attached hydrogens (primary N) is 1. The number of esters is 1. The van der Waals surface area contributed by atoms with Crippen LogP contribution in [0.25, 0.3) is 0 Å². The lowest BCUT2D eigenvalue weighted by Gasteiger charge is -2.18. The lowest BCUT2D eigenvalue weighted by molar-refractivity contribution is -0.109. The van der Waals surface area contributed by atoms with Crippen LogP contribution in [0.4, 0.5) is 5.82 Å². The second-order valence-electron chi connectivity index (χ2n) is 4.00. The molecule has 7 nitrogen and oxygen atoms in total. The molecule has 0 aliphatic carbocycles. The third-order valence-electron chi connectivity index (χ3n) is 2.51. The topological polar surface area (TPSA) is 123 Å². The summed E-state index contributed by atoms with van der Waals surface area (Å²) >= 11 is 0.881. The number of carbonyl (C=O) groups excluding carboxylic acids is 2. The van der Waals surface area contributed by atoms with Gasteiger partial charge in [-0.3, -0.25) is 4.79 Å². The highest BCUT2D eigenvalue weighted by Crippen LogP contribution is 2.25. The molecular formula is C12H16N2O5S. The number of aliphatic hydroxyl groups is 2. The predicted molar refractivity (Wildman–Crippen MR) is 74.1 cm³/mol. The lowest BCUT2D eigenvalue weighted by Crippen LogP contribution is -2.23. The largest absolute Gasteiger partial charge is 0.465 e. The first-order valence-electron chi connectivity index (χ1n) is 5.70. The Hall–Kier alpha value is -1.64. The van der Waals surface area contributed by atoms with E-state index in [1.807, 2.05) is 0 Å². The van der Waals surface area contributed by atoms with Gasteiger partial charge in [-0.1, -0.05) is 11.8 Å². The number of ether oxygens (including phenoxy) is 1. The molecule has 0 saturated heterocycles. The number of hydrogen-bond acceptors (Lipinski definition) is 8. The van der Waals surface area contributed by atoms with Crippen molar-refractivity contribution in [3.8, 4) is 0 Å². The Balaban J connectivity index is 2.93. The molecule has 0 bridgehead atoms. The minimum atomic E-state index is -1.35. The van der Waals surface area contributed by atoms with Crippen molar-refractivity contribution in [1.29, 1.82) is 0 Å². The Morgan fingerprint density at radius 1 is 1.50 bits per heavy atom. The minimum Gasteiger partial charge on any atom is -0.465 e. The van der Waals surface area contributed by atoms with Gasteiger partial charge in [-0.25, -0.2) is 9.78 Å². The zero-order chi connectivity index (χ0) is 15.3. The molecule has 0 radical (unpaired) electrons. The number of aromatic nitrogens is 1. The predicted octanol–water partition coefficient (Wildman–Crippen LogP) is 0.124. The molecule has 1 heterocycles. The molecule has 8 heteroatoms. The fourth-order valence-electron chi connectivity index (χ4n) is 1.46. The molecule has 0 aliphatic heterocycles. The molecule has 110 valence electrons. The highest BCUT2D eigenvalue weighted by molar-refractivity contribution is 8.13. The minimum absolute atomic E-state index is 0.00275. The van der Waals surface area contributed by atoms with Crippen LogP contribution in [0.1, 0.15) is 28.9 Å². The van der Waals surface area contributed by atoms with Crippen LogP contribution in [0.2, 0.25) is 0 Å². The number of nitrogen functional groups attached to an aromatic ring is 1. The summed E-state index contributed by atoms with van der Waals surface area (Å²) < 4.78 is 4.54. The fraction of sp³-hybridized carbons (Fsp3) is 0.417. The molecule has 0 spiro atoms. The maximum absolute atomic E-state index is 11.4. The highest BCUT2D eigenvalue weighted by Gasteiger charge is 2.23. The fourth-order valence-corrected chi connectivity index (χ4v) is 2.05. The lowest BCUT2D eigenvalue weighted by atomic mass is 10.0. The summed E-state index contributed by atoms with van der Waals surface area (Å²) in [6, 6.07) is 1.31. The van der Waals surface area contributed by atoms with E-state index in [1.54, 1.807) is 0 Å². The standard InChI is InChI=1S/C12H16N2O5S/c1-6(15)20-5-9(16)10(17)8-3-7(12(18)19-2)4-14-11(8)13/h3-4,9-10,16-17H,5H2,1-2H3,(H2,13,14). The monoisotopic (exact) mass is 300 g/mol. The van der Waals surface area contributed by atoms with Crippen molar-refractivity contribution < 1.29 is 24.5 Å². The highest BCUT2D eigenvalue weighted by atomic mass is 32.2. The summed E-state index contributed by atoms with van der Waals surface area (Å²) in [6.07, 6.45) is -1.34. The Bertz CT molecular complexity index is 509. The van der Waals surface area contributed by atoms with Crippen molar-refractivity contribution in [1.82, 2.24) is 4.98 Å². The second kappa shape index (κ2) is 7.22. The van der Waals surface area contributed by atoms with Gasteiger partial charge in [-0.2, -0.15) is 0 Å². The number of aliphatic hydroxyl groups excluding tert-OH is 2. The quantitative estimate of drug-likeness (QED) is 0.655. The van der Waals surface area contributed by atoms with Crippen molar-refractivity contribution in [3.05, 3.63) is 23.4 Å². The third-order valence-corrected chi connectivity index (χ3v) is 3.43. The van der Waals surface area contributed by atoms with Crippen molar-refractivity contribution in [2.75, 3.05) is 18.6 Å². The van der Waals surface area contributed by atoms with Crippen molar-refractivity contribution in [2.24, 2.45) is 0 Å². The van der Waals surface area contributed by atoms with Gasteiger partial charge in [0, 0.05) is 24.4 Å². The van der Waals surface area contributed by atoms with Crippen molar-refractivity contribution in [3.63, 3.8) is 0 Å². The molecule has 2 atom stereocenters. The molecule has 20 heavy (non-hydrogen) atoms. The number of carbonyl (C=O) groups is 2. The maximum Gasteiger partial charge on any atom is 0.339 e. The van der Waals surface area contributed by atoms with Crippen LogP contribution in [0.5, 0.6) is 0 Å². The van der Waals surface area contributed by atoms with E-state index in [1.165, 1.54) is 26.3 Å². The summed E-state index contributed by atoms with van der Waals surface area (Å²) in [5, 5.41) is 19.6. The number of nitrogens with zero attached hydrogens (tertiary/aromatic N) is 1. The molecule has 1 aromatic heterocycles. The molecule has 0 fully saturated rings. The van der Waals surface area contributed by atoms with Crippen LogP contribution >= 0.6 is 11.8 Å². The van der Waals surface area contributed by atoms with Gasteiger partial charge in [0.2, 0.25) is 0 Å². The molecule has 0 aliphatic rings. The zero-order valence-electron chi connectivity index (χ0n) is 11.1. The molecular weight excluding hydrogens is 284 g/mol. The van der Waals surface area contributed by atoms with Gasteiger partial charge in [0.25, 0.3) is 0 Å². The molecule has 1 aromatic rings. The van der Waals surface area contributed by atoms with Crippen LogP contribution < -0.4 is 5.73 Å². The SMILES string of the molecule is COC(=O)c1cnc(N)c(C(O)C(O)CSC(C)=O)c1. The molecule has 0 amide bonds. The first-order valence-corrected chi connectivity index (χ1v) is 6.68. The van der Waals surface area contributed by atoms with Gasteiger partial charge in [0.15, 0.2) is 5.12 Å². The normalized spacial score (nSPS) is 13.6. The van der Waals surface area contributed by atoms with E-state index < -0.39 is 18.2 Å². The smallest absolute Gasteiger partial charge is 0.339 e. The van der Waals surface area contributed by atoms with E-state index in [0.717, 1.165) is 11.8 Å². The summed E-state index contributed by atoms with van der Waals surface area (Å²) in [5.74, 6) is -0.617. The molecule has 0 aromatic carbocycles. The van der Waals surface area contributed by atoms with E-state index in [-0.39, 0.29) is 27.8 Å². The van der Waals surface area contributed by atoms with E-state index in [9.17, 15) is 19.8 Å². The van der Waals surface area contributed by atoms with E-state index in [0.29, 0.717) is 0 Å². The number of pyridine rings is 1. The van der Waals surface area contributed by atoms with Crippen LogP contribution in [0.3, 0.4) is 0 Å². The number of thioether (sulfide) groups is 1. The Kier molecular flexibility index (Phi) is 5.93. The van der Waals surface area contributed by atoms with Gasteiger partial charge in [0.05, 0.1) is 18.8 Å². The number of anilines is 1. The Labute approximate surface area is 120 Å². The Morgan fingerprint density at radius 2 is 2.15 bits per heavy atom. The molecule has 4 N–H and O–H groups in total. The van der Waals surface area contributed by atoms with Crippen LogP contribution in [-0.4, -0.2) is 45.2 Å². The third kappa shape index (κ3) is 4.19. The average molecular weight is 300 g/mol. The van der Waals surface area contributed by atoms with E-state index in [4.69, 9.17) is 5.73 Å². The number of hydrogen-bond donors (Lipinski definition) is 3. The van der Waals surface area contributed by atoms with Gasteiger partial charge < -0.3 is 20.7 Å². The second-order valence-corrected chi connectivity index (χ2v) is 5.20. The first kappa shape index (κ1) is 16.4. The Morgan fingerprint density at radius 3 is 2.70 bits per heavy atom. The maximum atomic E-state index is 11.4. The summed E-state index contributed by atoms with van der Waals surface area (Å²) in [5.41, 5.74) is 5.85. The summed E-state index contributed by atoms with van der Waals surface area (Å²) in [4.78, 5) is 26.0. The van der Waals surface area contributed by atoms with Gasteiger partial charge in [-0.15, -0.1) is 0 Å². The van der Waals surface area contributed by atoms with Gasteiger partial charge in [-0.05, 0) is 6.07 Å². The van der Waals surface area contributed by atoms with E-state index >= 15 is 0 Å². The van der Waals surface area contributed by atoms with Crippen LogP contribution in [0, 0.1) is 0 Å². The zero-order valence-corrected chi connectivity index (χ0v) is 11.9. The molecule has 0 saturated carbocycles. The van der Waals surface area contributed by atoms with E-state index in [2.05, 4.69) is 9.72 Å². The number of methoxy groups -OCH3 is 1.